The van der Waals surface area contributed by atoms with E-state index in [1.165, 1.54) is 23.1 Å². The summed E-state index contributed by atoms with van der Waals surface area (Å²) in [5.74, 6) is -1.75. The topological polar surface area (TPSA) is 30.0 Å². The van der Waals surface area contributed by atoms with Crippen LogP contribution in [0.15, 0.2) is 27.9 Å². The summed E-state index contributed by atoms with van der Waals surface area (Å²) in [6, 6.07) is 2.89. The predicted octanol–water partition coefficient (Wildman–Crippen LogP) is 4.09. The van der Waals surface area contributed by atoms with E-state index in [0.717, 1.165) is 28.2 Å². The van der Waals surface area contributed by atoms with Crippen molar-refractivity contribution in [1.29, 1.82) is 0 Å². The molecule has 2 nitrogen and oxygen atoms in total. The second-order valence-corrected chi connectivity index (χ2v) is 6.45. The Labute approximate surface area is 117 Å². The number of benzene rings is 1. The molecule has 0 aliphatic carbocycles. The second kappa shape index (κ2) is 5.79. The van der Waals surface area contributed by atoms with Crippen molar-refractivity contribution in [3.05, 3.63) is 46.5 Å². The highest BCUT2D eigenvalue weighted by molar-refractivity contribution is 8.02. The maximum absolute atomic E-state index is 13.5. The fraction of sp³-hybridized carbons (Fsp3) is 0.231. The molecule has 0 aliphatic heterocycles. The Balaban J connectivity index is 2.16. The van der Waals surface area contributed by atoms with E-state index in [9.17, 15) is 13.6 Å². The van der Waals surface area contributed by atoms with Gasteiger partial charge < -0.3 is 0 Å². The molecule has 0 saturated carbocycles. The molecule has 19 heavy (non-hydrogen) atoms. The molecule has 2 aromatic rings. The Morgan fingerprint density at radius 2 is 2.16 bits per heavy atom. The second-order valence-electron chi connectivity index (χ2n) is 4.00. The maximum Gasteiger partial charge on any atom is 0.179 e. The molecule has 0 bridgehead atoms. The van der Waals surface area contributed by atoms with Crippen molar-refractivity contribution in [2.45, 2.75) is 23.4 Å². The first-order valence-corrected chi connectivity index (χ1v) is 7.31. The zero-order valence-electron chi connectivity index (χ0n) is 10.3. The highest BCUT2D eigenvalue weighted by Gasteiger charge is 2.21. The zero-order valence-corrected chi connectivity index (χ0v) is 11.9. The normalized spacial score (nSPS) is 12.4. The van der Waals surface area contributed by atoms with Gasteiger partial charge in [-0.15, -0.1) is 11.3 Å². The van der Waals surface area contributed by atoms with Crippen LogP contribution in [0.3, 0.4) is 0 Å². The molecular weight excluding hydrogens is 288 g/mol. The van der Waals surface area contributed by atoms with E-state index in [4.69, 9.17) is 0 Å². The average molecular weight is 299 g/mol. The molecule has 100 valence electrons. The minimum Gasteiger partial charge on any atom is -0.293 e. The Hall–Kier alpha value is -1.27. The largest absolute Gasteiger partial charge is 0.293 e. The number of Topliss-reactive ketones (excluding diaryl/α,β-unsaturated/α-hetero) is 1. The van der Waals surface area contributed by atoms with Gasteiger partial charge in [0, 0.05) is 11.1 Å². The van der Waals surface area contributed by atoms with Gasteiger partial charge in [0.25, 0.3) is 0 Å². The molecule has 1 aromatic carbocycles. The van der Waals surface area contributed by atoms with Crippen LogP contribution in [0.1, 0.15) is 23.0 Å². The van der Waals surface area contributed by atoms with Crippen molar-refractivity contribution in [3.8, 4) is 0 Å². The number of rotatable bonds is 4. The van der Waals surface area contributed by atoms with E-state index in [1.54, 1.807) is 6.92 Å². The molecule has 1 heterocycles. The quantitative estimate of drug-likeness (QED) is 0.629. The highest BCUT2D eigenvalue weighted by Crippen LogP contribution is 2.29. The number of hydrogen-bond acceptors (Lipinski definition) is 4. The third-order valence-electron chi connectivity index (χ3n) is 2.44. The lowest BCUT2D eigenvalue weighted by Crippen LogP contribution is -2.15. The first-order chi connectivity index (χ1) is 8.97. The molecule has 0 radical (unpaired) electrons. The average Bonchev–Trinajstić information content (AvgIpc) is 2.77. The minimum absolute atomic E-state index is 0.215. The number of thioether (sulfide) groups is 1. The first kappa shape index (κ1) is 14.1. The van der Waals surface area contributed by atoms with Gasteiger partial charge >= 0.3 is 0 Å². The number of halogens is 2. The number of carbonyl (C=O) groups excluding carboxylic acids is 1. The fourth-order valence-corrected chi connectivity index (χ4v) is 3.55. The monoisotopic (exact) mass is 299 g/mol. The minimum atomic E-state index is -0.700. The summed E-state index contributed by atoms with van der Waals surface area (Å²) in [5.41, 5.74) is 0.664. The first-order valence-electron chi connectivity index (χ1n) is 5.55. The molecule has 1 aromatic heterocycles. The van der Waals surface area contributed by atoms with Crippen LogP contribution in [0.25, 0.3) is 0 Å². The van der Waals surface area contributed by atoms with E-state index in [0.29, 0.717) is 0 Å². The summed E-state index contributed by atoms with van der Waals surface area (Å²) in [6.07, 6.45) is 0. The van der Waals surface area contributed by atoms with E-state index in [2.05, 4.69) is 4.98 Å². The number of hydrogen-bond donors (Lipinski definition) is 0. The summed E-state index contributed by atoms with van der Waals surface area (Å²) >= 11 is 2.68. The third-order valence-corrected chi connectivity index (χ3v) is 4.63. The molecule has 0 N–H and O–H groups in total. The molecule has 2 rings (SSSR count). The smallest absolute Gasteiger partial charge is 0.179 e. The van der Waals surface area contributed by atoms with Gasteiger partial charge in [0.2, 0.25) is 0 Å². The number of ketones is 1. The summed E-state index contributed by atoms with van der Waals surface area (Å²) in [7, 11) is 0. The van der Waals surface area contributed by atoms with E-state index in [1.807, 2.05) is 12.3 Å². The molecule has 1 atom stereocenters. The van der Waals surface area contributed by atoms with Crippen LogP contribution in [0.5, 0.6) is 0 Å². The number of nitrogens with zero attached hydrogens (tertiary/aromatic N) is 1. The van der Waals surface area contributed by atoms with Gasteiger partial charge in [-0.1, -0.05) is 11.8 Å². The summed E-state index contributed by atoms with van der Waals surface area (Å²) in [5, 5.41) is 1.37. The zero-order chi connectivity index (χ0) is 14.0. The highest BCUT2D eigenvalue weighted by atomic mass is 32.2. The Bertz CT molecular complexity index is 612. The van der Waals surface area contributed by atoms with Gasteiger partial charge in [0.05, 0.1) is 10.8 Å². The molecule has 0 amide bonds. The van der Waals surface area contributed by atoms with Crippen LogP contribution in [0, 0.1) is 18.6 Å². The van der Waals surface area contributed by atoms with Crippen LogP contribution in [-0.2, 0) is 0 Å². The maximum atomic E-state index is 13.5. The standard InChI is InChI=1S/C13H11F2NOS2/c1-7-6-18-13(16-7)19-8(2)12(17)10-5-9(14)3-4-11(10)15/h3-6,8H,1-2H3. The molecule has 0 fully saturated rings. The van der Waals surface area contributed by atoms with Gasteiger partial charge in [-0.05, 0) is 32.0 Å². The van der Waals surface area contributed by atoms with Crippen LogP contribution >= 0.6 is 23.1 Å². The van der Waals surface area contributed by atoms with Crippen molar-refractivity contribution in [3.63, 3.8) is 0 Å². The van der Waals surface area contributed by atoms with Crippen molar-refractivity contribution in [2.75, 3.05) is 0 Å². The molecule has 6 heteroatoms. The Morgan fingerprint density at radius 3 is 2.79 bits per heavy atom. The van der Waals surface area contributed by atoms with Crippen LogP contribution in [-0.4, -0.2) is 16.0 Å². The van der Waals surface area contributed by atoms with Gasteiger partial charge in [-0.3, -0.25) is 4.79 Å². The van der Waals surface area contributed by atoms with E-state index >= 15 is 0 Å². The lowest BCUT2D eigenvalue weighted by atomic mass is 10.1. The van der Waals surface area contributed by atoms with Gasteiger partial charge in [0.15, 0.2) is 10.1 Å². The predicted molar refractivity (Wildman–Crippen MR) is 72.9 cm³/mol. The molecule has 0 aliphatic rings. The van der Waals surface area contributed by atoms with Crippen molar-refractivity contribution < 1.29 is 13.6 Å². The fourth-order valence-electron chi connectivity index (χ4n) is 1.50. The number of carbonyl (C=O) groups is 1. The number of aryl methyl sites for hydroxylation is 1. The van der Waals surface area contributed by atoms with Gasteiger partial charge in [0.1, 0.15) is 11.6 Å². The van der Waals surface area contributed by atoms with Crippen molar-refractivity contribution in [2.24, 2.45) is 0 Å². The van der Waals surface area contributed by atoms with Gasteiger partial charge in [-0.25, -0.2) is 13.8 Å². The SMILES string of the molecule is Cc1csc(SC(C)C(=O)c2cc(F)ccc2F)n1. The lowest BCUT2D eigenvalue weighted by Gasteiger charge is -2.09. The summed E-state index contributed by atoms with van der Waals surface area (Å²) in [6.45, 7) is 3.52. The van der Waals surface area contributed by atoms with Crippen LogP contribution in [0.2, 0.25) is 0 Å². The Kier molecular flexibility index (Phi) is 4.31. The molecule has 0 saturated heterocycles. The summed E-state index contributed by atoms with van der Waals surface area (Å²) in [4.78, 5) is 16.3. The lowest BCUT2D eigenvalue weighted by molar-refractivity contribution is 0.0989. The van der Waals surface area contributed by atoms with Crippen LogP contribution in [0.4, 0.5) is 8.78 Å². The van der Waals surface area contributed by atoms with Gasteiger partial charge in [-0.2, -0.15) is 0 Å². The molecule has 1 unspecified atom stereocenters. The summed E-state index contributed by atoms with van der Waals surface area (Å²) < 4.78 is 27.3. The van der Waals surface area contributed by atoms with Crippen molar-refractivity contribution in [1.82, 2.24) is 4.98 Å². The molecular formula is C13H11F2NOS2. The number of thiazole rings is 1. The third kappa shape index (κ3) is 3.39. The molecule has 0 spiro atoms. The van der Waals surface area contributed by atoms with E-state index < -0.39 is 22.7 Å². The number of aromatic nitrogens is 1. The van der Waals surface area contributed by atoms with Crippen molar-refractivity contribution >= 4 is 28.9 Å². The Morgan fingerprint density at radius 1 is 1.42 bits per heavy atom. The van der Waals surface area contributed by atoms with E-state index in [-0.39, 0.29) is 5.56 Å². The van der Waals surface area contributed by atoms with Crippen LogP contribution < -0.4 is 0 Å².